The molecule has 1 atom stereocenters. The number of nitrogens with one attached hydrogen (secondary N) is 1. The Morgan fingerprint density at radius 3 is 2.91 bits per heavy atom. The van der Waals surface area contributed by atoms with Gasteiger partial charge in [0.05, 0.1) is 18.8 Å². The number of carbonyl (C=O) groups is 1. The predicted octanol–water partition coefficient (Wildman–Crippen LogP) is 0.687. The number of aromatic nitrogens is 3. The number of pyridine rings is 1. The molecule has 2 aromatic heterocycles. The second-order valence-corrected chi connectivity index (χ2v) is 5.10. The number of H-pyrrole nitrogens is 1. The summed E-state index contributed by atoms with van der Waals surface area (Å²) in [5.41, 5.74) is 0.919. The van der Waals surface area contributed by atoms with Crippen LogP contribution in [0.3, 0.4) is 0 Å². The first-order valence-electron chi connectivity index (χ1n) is 7.02. The lowest BCUT2D eigenvalue weighted by atomic mass is 10.1. The highest BCUT2D eigenvalue weighted by Gasteiger charge is 2.27. The minimum atomic E-state index is -0.388. The van der Waals surface area contributed by atoms with Gasteiger partial charge in [0, 0.05) is 30.6 Å². The highest BCUT2D eigenvalue weighted by Crippen LogP contribution is 2.21. The molecule has 114 valence electrons. The second-order valence-electron chi connectivity index (χ2n) is 5.10. The summed E-state index contributed by atoms with van der Waals surface area (Å²) in [5.74, 6) is 0.459. The zero-order chi connectivity index (χ0) is 15.5. The summed E-state index contributed by atoms with van der Waals surface area (Å²) >= 11 is 0. The molecule has 1 aliphatic heterocycles. The molecule has 22 heavy (non-hydrogen) atoms. The van der Waals surface area contributed by atoms with Crippen LogP contribution in [0.25, 0.3) is 0 Å². The topological polar surface area (TPSA) is 88.2 Å². The molecule has 0 saturated carbocycles. The van der Waals surface area contributed by atoms with Crippen LogP contribution in [0.2, 0.25) is 0 Å². The summed E-state index contributed by atoms with van der Waals surface area (Å²) in [6.07, 6.45) is 2.79. The lowest BCUT2D eigenvalue weighted by Crippen LogP contribution is -2.42. The van der Waals surface area contributed by atoms with Crippen molar-refractivity contribution in [2.75, 3.05) is 19.7 Å². The molecular formula is C15H16N4O3. The summed E-state index contributed by atoms with van der Waals surface area (Å²) in [6, 6.07) is 4.78. The molecule has 7 heteroatoms. The van der Waals surface area contributed by atoms with Gasteiger partial charge >= 0.3 is 0 Å². The molecule has 0 unspecified atom stereocenters. The summed E-state index contributed by atoms with van der Waals surface area (Å²) in [4.78, 5) is 36.5. The number of ether oxygens (including phenoxy) is 1. The van der Waals surface area contributed by atoms with E-state index in [-0.39, 0.29) is 17.6 Å². The summed E-state index contributed by atoms with van der Waals surface area (Å²) in [5, 5.41) is 0. The van der Waals surface area contributed by atoms with Crippen molar-refractivity contribution in [3.8, 4) is 0 Å². The Morgan fingerprint density at radius 1 is 1.41 bits per heavy atom. The molecule has 3 heterocycles. The minimum absolute atomic E-state index is 0.0720. The molecule has 0 spiro atoms. The molecule has 0 aliphatic carbocycles. The van der Waals surface area contributed by atoms with Crippen LogP contribution in [0.4, 0.5) is 0 Å². The van der Waals surface area contributed by atoms with Crippen LogP contribution in [0.5, 0.6) is 0 Å². The lowest BCUT2D eigenvalue weighted by molar-refractivity contribution is -0.0249. The molecule has 1 aliphatic rings. The van der Waals surface area contributed by atoms with Crippen LogP contribution in [0, 0.1) is 6.92 Å². The van der Waals surface area contributed by atoms with E-state index in [0.29, 0.717) is 36.8 Å². The Labute approximate surface area is 127 Å². The Hall–Kier alpha value is -2.54. The third-order valence-corrected chi connectivity index (χ3v) is 3.49. The van der Waals surface area contributed by atoms with Crippen molar-refractivity contribution >= 4 is 5.91 Å². The molecule has 1 N–H and O–H groups in total. The van der Waals surface area contributed by atoms with Gasteiger partial charge in [-0.3, -0.25) is 14.6 Å². The van der Waals surface area contributed by atoms with Crippen molar-refractivity contribution < 1.29 is 9.53 Å². The van der Waals surface area contributed by atoms with E-state index in [9.17, 15) is 9.59 Å². The first kappa shape index (κ1) is 14.4. The van der Waals surface area contributed by atoms with Crippen molar-refractivity contribution in [1.82, 2.24) is 19.9 Å². The number of nitrogens with zero attached hydrogens (tertiary/aromatic N) is 3. The number of hydrogen-bond donors (Lipinski definition) is 1. The summed E-state index contributed by atoms with van der Waals surface area (Å²) < 4.78 is 5.67. The lowest BCUT2D eigenvalue weighted by Gasteiger charge is -2.32. The van der Waals surface area contributed by atoms with Crippen molar-refractivity contribution in [3.63, 3.8) is 0 Å². The first-order chi connectivity index (χ1) is 10.6. The van der Waals surface area contributed by atoms with Crippen LogP contribution in [-0.2, 0) is 4.74 Å². The van der Waals surface area contributed by atoms with E-state index in [1.807, 2.05) is 0 Å². The molecule has 0 aromatic carbocycles. The highest BCUT2D eigenvalue weighted by atomic mass is 16.5. The van der Waals surface area contributed by atoms with Gasteiger partial charge in [-0.25, -0.2) is 4.98 Å². The van der Waals surface area contributed by atoms with Crippen molar-refractivity contribution in [2.24, 2.45) is 0 Å². The molecule has 1 fully saturated rings. The molecule has 2 aromatic rings. The van der Waals surface area contributed by atoms with Crippen molar-refractivity contribution in [3.05, 3.63) is 58.0 Å². The van der Waals surface area contributed by atoms with Crippen LogP contribution >= 0.6 is 0 Å². The van der Waals surface area contributed by atoms with Gasteiger partial charge in [0.25, 0.3) is 11.5 Å². The third-order valence-electron chi connectivity index (χ3n) is 3.49. The molecular weight excluding hydrogens is 284 g/mol. The highest BCUT2D eigenvalue weighted by molar-refractivity contribution is 5.94. The quantitative estimate of drug-likeness (QED) is 0.881. The average Bonchev–Trinajstić information content (AvgIpc) is 2.54. The van der Waals surface area contributed by atoms with Gasteiger partial charge in [-0.15, -0.1) is 0 Å². The fourth-order valence-corrected chi connectivity index (χ4v) is 2.46. The fraction of sp³-hybridized carbons (Fsp3) is 0.333. The zero-order valence-electron chi connectivity index (χ0n) is 12.2. The number of aryl methyl sites for hydroxylation is 1. The van der Waals surface area contributed by atoms with Gasteiger partial charge in [0.15, 0.2) is 0 Å². The maximum absolute atomic E-state index is 12.5. The molecule has 1 amide bonds. The number of carbonyl (C=O) groups excluding carboxylic acids is 1. The van der Waals surface area contributed by atoms with E-state index >= 15 is 0 Å². The van der Waals surface area contributed by atoms with E-state index in [4.69, 9.17) is 4.74 Å². The van der Waals surface area contributed by atoms with E-state index in [0.717, 1.165) is 0 Å². The first-order valence-corrected chi connectivity index (χ1v) is 7.02. The Morgan fingerprint density at radius 2 is 2.18 bits per heavy atom. The SMILES string of the molecule is Cc1nc([C@@H]2CN(C(=O)c3ccncc3)CCO2)cc(=O)[nH]1. The largest absolute Gasteiger partial charge is 0.368 e. The van der Waals surface area contributed by atoms with Gasteiger partial charge in [0.2, 0.25) is 0 Å². The van der Waals surface area contributed by atoms with Crippen molar-refractivity contribution in [1.29, 1.82) is 0 Å². The predicted molar refractivity (Wildman–Crippen MR) is 78.4 cm³/mol. The Kier molecular flexibility index (Phi) is 3.97. The van der Waals surface area contributed by atoms with E-state index < -0.39 is 0 Å². The number of amides is 1. The average molecular weight is 300 g/mol. The number of rotatable bonds is 2. The molecule has 0 bridgehead atoms. The van der Waals surface area contributed by atoms with E-state index in [1.165, 1.54) is 6.07 Å². The van der Waals surface area contributed by atoms with Crippen LogP contribution in [-0.4, -0.2) is 45.5 Å². The maximum Gasteiger partial charge on any atom is 0.254 e. The third kappa shape index (κ3) is 3.04. The minimum Gasteiger partial charge on any atom is -0.368 e. The van der Waals surface area contributed by atoms with Gasteiger partial charge in [-0.2, -0.15) is 0 Å². The Bertz CT molecular complexity index is 729. The number of hydrogen-bond acceptors (Lipinski definition) is 5. The van der Waals surface area contributed by atoms with Gasteiger partial charge in [0.1, 0.15) is 11.9 Å². The molecule has 1 saturated heterocycles. The fourth-order valence-electron chi connectivity index (χ4n) is 2.46. The van der Waals surface area contributed by atoms with Gasteiger partial charge < -0.3 is 14.6 Å². The van der Waals surface area contributed by atoms with E-state index in [2.05, 4.69) is 15.0 Å². The van der Waals surface area contributed by atoms with Crippen molar-refractivity contribution in [2.45, 2.75) is 13.0 Å². The van der Waals surface area contributed by atoms with Crippen LogP contribution in [0.1, 0.15) is 28.0 Å². The van der Waals surface area contributed by atoms with Crippen LogP contribution in [0.15, 0.2) is 35.4 Å². The number of morpholine rings is 1. The smallest absolute Gasteiger partial charge is 0.254 e. The maximum atomic E-state index is 12.5. The molecule has 3 rings (SSSR count). The second kappa shape index (κ2) is 6.07. The van der Waals surface area contributed by atoms with Crippen LogP contribution < -0.4 is 5.56 Å². The zero-order valence-corrected chi connectivity index (χ0v) is 12.2. The monoisotopic (exact) mass is 300 g/mol. The molecule has 0 radical (unpaired) electrons. The molecule has 7 nitrogen and oxygen atoms in total. The normalized spacial score (nSPS) is 18.2. The Balaban J connectivity index is 1.79. The number of aromatic amines is 1. The summed E-state index contributed by atoms with van der Waals surface area (Å²) in [6.45, 7) is 3.01. The van der Waals surface area contributed by atoms with Gasteiger partial charge in [-0.05, 0) is 19.1 Å². The van der Waals surface area contributed by atoms with Gasteiger partial charge in [-0.1, -0.05) is 0 Å². The summed E-state index contributed by atoms with van der Waals surface area (Å²) in [7, 11) is 0. The standard InChI is InChI=1S/C15H16N4O3/c1-10-17-12(8-14(20)18-10)13-9-19(6-7-22-13)15(21)11-2-4-16-5-3-11/h2-5,8,13H,6-7,9H2,1H3,(H,17,18,20)/t13-/m0/s1. The van der Waals surface area contributed by atoms with E-state index in [1.54, 1.807) is 36.4 Å².